The molecule has 2 radical (unpaired) electrons. The van der Waals surface area contributed by atoms with E-state index >= 15 is 0 Å². The van der Waals surface area contributed by atoms with E-state index in [-0.39, 0.29) is 5.56 Å². The van der Waals surface area contributed by atoms with E-state index in [0.717, 1.165) is 12.0 Å². The zero-order valence-electron chi connectivity index (χ0n) is 6.79. The number of rotatable bonds is 1. The third kappa shape index (κ3) is 1.53. The van der Waals surface area contributed by atoms with Crippen molar-refractivity contribution in [1.29, 1.82) is 0 Å². The van der Waals surface area contributed by atoms with E-state index < -0.39 is 0 Å². The van der Waals surface area contributed by atoms with Crippen molar-refractivity contribution in [2.45, 2.75) is 13.3 Å². The van der Waals surface area contributed by atoms with Gasteiger partial charge in [-0.3, -0.25) is 4.79 Å². The maximum atomic E-state index is 11.1. The van der Waals surface area contributed by atoms with Gasteiger partial charge in [0, 0.05) is 13.2 Å². The van der Waals surface area contributed by atoms with Crippen LogP contribution in [0.5, 0.6) is 0 Å². The van der Waals surface area contributed by atoms with Gasteiger partial charge >= 0.3 is 0 Å². The molecule has 0 saturated carbocycles. The Labute approximate surface area is 67.3 Å². The van der Waals surface area contributed by atoms with Crippen molar-refractivity contribution in [2.24, 2.45) is 7.05 Å². The first-order valence-corrected chi connectivity index (χ1v) is 3.60. The minimum Gasteiger partial charge on any atom is -0.319 e. The molecule has 0 saturated heterocycles. The van der Waals surface area contributed by atoms with Crippen LogP contribution in [0.2, 0.25) is 0 Å². The normalized spacial score (nSPS) is 10.0. The Morgan fingerprint density at radius 3 is 2.73 bits per heavy atom. The van der Waals surface area contributed by atoms with Gasteiger partial charge in [-0.15, -0.1) is 0 Å². The van der Waals surface area contributed by atoms with Crippen molar-refractivity contribution >= 4 is 13.3 Å². The summed E-state index contributed by atoms with van der Waals surface area (Å²) >= 11 is 0. The molecule has 0 aliphatic heterocycles. The Bertz CT molecular complexity index is 290. The van der Waals surface area contributed by atoms with Gasteiger partial charge in [-0.25, -0.2) is 0 Å². The van der Waals surface area contributed by atoms with Gasteiger partial charge in [-0.1, -0.05) is 13.0 Å². The molecule has 0 aromatic carbocycles. The second-order valence-electron chi connectivity index (χ2n) is 2.57. The van der Waals surface area contributed by atoms with Crippen LogP contribution in [0.1, 0.15) is 12.5 Å². The van der Waals surface area contributed by atoms with Crippen LogP contribution in [-0.4, -0.2) is 12.4 Å². The molecule has 11 heavy (non-hydrogen) atoms. The Morgan fingerprint density at radius 2 is 2.27 bits per heavy atom. The first-order valence-electron chi connectivity index (χ1n) is 3.60. The van der Waals surface area contributed by atoms with Gasteiger partial charge in [0.05, 0.1) is 0 Å². The van der Waals surface area contributed by atoms with Crippen LogP contribution >= 0.6 is 0 Å². The third-order valence-corrected chi connectivity index (χ3v) is 1.68. The summed E-state index contributed by atoms with van der Waals surface area (Å²) in [5, 5.41) is 0. The molecule has 1 aromatic heterocycles. The van der Waals surface area contributed by atoms with Crippen molar-refractivity contribution in [3.8, 4) is 0 Å². The summed E-state index contributed by atoms with van der Waals surface area (Å²) < 4.78 is 1.51. The molecule has 0 spiro atoms. The topological polar surface area (TPSA) is 22.0 Å². The van der Waals surface area contributed by atoms with Gasteiger partial charge in [0.25, 0.3) is 0 Å². The fourth-order valence-electron chi connectivity index (χ4n) is 1.00. The minimum absolute atomic E-state index is 0.123. The number of aryl methyl sites for hydroxylation is 2. The zero-order chi connectivity index (χ0) is 8.43. The van der Waals surface area contributed by atoms with Crippen molar-refractivity contribution < 1.29 is 0 Å². The van der Waals surface area contributed by atoms with E-state index in [4.69, 9.17) is 7.85 Å². The lowest BCUT2D eigenvalue weighted by molar-refractivity contribution is 0.850. The molecule has 1 rings (SSSR count). The van der Waals surface area contributed by atoms with Crippen LogP contribution in [0.25, 0.3) is 0 Å². The van der Waals surface area contributed by atoms with Crippen LogP contribution < -0.4 is 11.0 Å². The second kappa shape index (κ2) is 2.95. The van der Waals surface area contributed by atoms with Gasteiger partial charge < -0.3 is 4.57 Å². The first kappa shape index (κ1) is 8.11. The summed E-state index contributed by atoms with van der Waals surface area (Å²) in [6, 6.07) is 1.72. The van der Waals surface area contributed by atoms with E-state index in [0.29, 0.717) is 5.46 Å². The van der Waals surface area contributed by atoms with E-state index in [1.807, 2.05) is 6.92 Å². The molecule has 0 atom stereocenters. The minimum atomic E-state index is -0.123. The molecule has 1 aromatic rings. The Morgan fingerprint density at radius 1 is 1.64 bits per heavy atom. The van der Waals surface area contributed by atoms with Gasteiger partial charge in [0.2, 0.25) is 5.56 Å². The summed E-state index contributed by atoms with van der Waals surface area (Å²) in [4.78, 5) is 11.1. The summed E-state index contributed by atoms with van der Waals surface area (Å²) in [7, 11) is 7.17. The van der Waals surface area contributed by atoms with Gasteiger partial charge in [-0.2, -0.15) is 0 Å². The van der Waals surface area contributed by atoms with E-state index in [2.05, 4.69) is 0 Å². The largest absolute Gasteiger partial charge is 0.319 e. The van der Waals surface area contributed by atoms with Gasteiger partial charge in [-0.05, 0) is 17.4 Å². The molecule has 0 aliphatic carbocycles. The number of hydrogen-bond acceptors (Lipinski definition) is 1. The third-order valence-electron chi connectivity index (χ3n) is 1.68. The van der Waals surface area contributed by atoms with Crippen molar-refractivity contribution in [2.75, 3.05) is 0 Å². The highest BCUT2D eigenvalue weighted by Crippen LogP contribution is 1.92. The molecule has 0 fully saturated rings. The summed E-state index contributed by atoms with van der Waals surface area (Å²) in [5.41, 5.74) is 1.29. The summed E-state index contributed by atoms with van der Waals surface area (Å²) in [6.45, 7) is 2.03. The lowest BCUT2D eigenvalue weighted by atomic mass is 9.96. The molecule has 3 heteroatoms. The average Bonchev–Trinajstić information content (AvgIpc) is 1.99. The van der Waals surface area contributed by atoms with Crippen molar-refractivity contribution in [1.82, 2.24) is 4.57 Å². The lowest BCUT2D eigenvalue weighted by Gasteiger charge is -2.02. The Kier molecular flexibility index (Phi) is 2.18. The maximum absolute atomic E-state index is 11.1. The smallest absolute Gasteiger partial charge is 0.243 e. The first-order chi connectivity index (χ1) is 5.15. The highest BCUT2D eigenvalue weighted by atomic mass is 16.1. The average molecular weight is 147 g/mol. The summed E-state index contributed by atoms with van der Waals surface area (Å²) in [5.74, 6) is 0. The van der Waals surface area contributed by atoms with Crippen LogP contribution in [-0.2, 0) is 13.5 Å². The van der Waals surface area contributed by atoms with Crippen molar-refractivity contribution in [3.05, 3.63) is 28.2 Å². The van der Waals surface area contributed by atoms with Crippen molar-refractivity contribution in [3.63, 3.8) is 0 Å². The number of aromatic nitrogens is 1. The maximum Gasteiger partial charge on any atom is 0.243 e. The van der Waals surface area contributed by atoms with E-state index in [1.54, 1.807) is 19.3 Å². The lowest BCUT2D eigenvalue weighted by Crippen LogP contribution is -2.33. The molecule has 2 nitrogen and oxygen atoms in total. The number of nitrogens with zero attached hydrogens (tertiary/aromatic N) is 1. The fourth-order valence-corrected chi connectivity index (χ4v) is 1.00. The van der Waals surface area contributed by atoms with Gasteiger partial charge in [0.15, 0.2) is 0 Å². The predicted octanol–water partition coefficient (Wildman–Crippen LogP) is -0.258. The highest BCUT2D eigenvalue weighted by Gasteiger charge is 1.96. The molecular weight excluding hydrogens is 137 g/mol. The zero-order valence-corrected chi connectivity index (χ0v) is 6.79. The molecule has 0 aliphatic rings. The molecule has 1 heterocycles. The van der Waals surface area contributed by atoms with E-state index in [9.17, 15) is 4.79 Å². The van der Waals surface area contributed by atoms with Crippen LogP contribution in [0, 0.1) is 0 Å². The fraction of sp³-hybridized carbons (Fsp3) is 0.375. The molecule has 0 N–H and O–H groups in total. The standard InChI is InChI=1S/C8H10BNO/c1-3-6-4-7(9)8(11)10(2)5-6/h4-5H,3H2,1-2H3. The molecule has 0 amide bonds. The van der Waals surface area contributed by atoms with Crippen LogP contribution in [0.4, 0.5) is 0 Å². The highest BCUT2D eigenvalue weighted by molar-refractivity contribution is 6.32. The Balaban J connectivity index is 3.32. The SMILES string of the molecule is [B]c1cc(CC)cn(C)c1=O. The van der Waals surface area contributed by atoms with Gasteiger partial charge in [0.1, 0.15) is 7.85 Å². The number of pyridine rings is 1. The molecule has 0 unspecified atom stereocenters. The monoisotopic (exact) mass is 147 g/mol. The number of hydrogen-bond donors (Lipinski definition) is 0. The van der Waals surface area contributed by atoms with Crippen LogP contribution in [0.15, 0.2) is 17.1 Å². The Hall–Kier alpha value is -0.985. The quantitative estimate of drug-likeness (QED) is 0.501. The predicted molar refractivity (Wildman–Crippen MR) is 46.4 cm³/mol. The molecular formula is C8H10BNO. The molecule has 0 bridgehead atoms. The second-order valence-corrected chi connectivity index (χ2v) is 2.57. The molecule has 56 valence electrons. The van der Waals surface area contributed by atoms with E-state index in [1.165, 1.54) is 4.57 Å². The van der Waals surface area contributed by atoms with Crippen LogP contribution in [0.3, 0.4) is 0 Å². The summed E-state index contributed by atoms with van der Waals surface area (Å²) in [6.07, 6.45) is 2.71.